The molecule has 0 aliphatic carbocycles. The maximum atomic E-state index is 14.2. The predicted octanol–water partition coefficient (Wildman–Crippen LogP) is 19.0. The van der Waals surface area contributed by atoms with Gasteiger partial charge in [0.2, 0.25) is 0 Å². The van der Waals surface area contributed by atoms with Crippen LogP contribution < -0.4 is 0 Å². The van der Waals surface area contributed by atoms with Crippen molar-refractivity contribution >= 4 is 23.9 Å². The van der Waals surface area contributed by atoms with E-state index in [9.17, 15) is 19.2 Å². The third-order valence-electron chi connectivity index (χ3n) is 13.7. The van der Waals surface area contributed by atoms with Crippen LogP contribution in [0.2, 0.25) is 0 Å². The zero-order valence-electron chi connectivity index (χ0n) is 47.0. The molecule has 0 aliphatic heterocycles. The van der Waals surface area contributed by atoms with Crippen LogP contribution in [-0.4, -0.2) is 50.3 Å². The van der Waals surface area contributed by atoms with E-state index in [-0.39, 0.29) is 48.7 Å². The number of unbranched alkanes of at least 4 members (excludes halogenated alkanes) is 28. The molecular formula is C62H110O8. The van der Waals surface area contributed by atoms with Crippen molar-refractivity contribution in [3.8, 4) is 0 Å². The van der Waals surface area contributed by atoms with Gasteiger partial charge in [0.05, 0.1) is 48.7 Å². The van der Waals surface area contributed by atoms with Crippen molar-refractivity contribution in [2.45, 2.75) is 287 Å². The quantitative estimate of drug-likeness (QED) is 0.0361. The lowest BCUT2D eigenvalue weighted by Crippen LogP contribution is -2.24. The first-order chi connectivity index (χ1) is 33.8. The topological polar surface area (TPSA) is 105 Å². The molecule has 0 aliphatic rings. The molecule has 70 heavy (non-hydrogen) atoms. The lowest BCUT2D eigenvalue weighted by Gasteiger charge is -2.17. The zero-order valence-corrected chi connectivity index (χ0v) is 47.0. The Morgan fingerprint density at radius 3 is 0.643 bits per heavy atom. The van der Waals surface area contributed by atoms with Crippen LogP contribution in [0.25, 0.3) is 0 Å². The Balaban J connectivity index is 3.10. The minimum Gasteiger partial charge on any atom is -0.462 e. The normalized spacial score (nSPS) is 11.6. The highest BCUT2D eigenvalue weighted by Gasteiger charge is 2.33. The van der Waals surface area contributed by atoms with E-state index in [1.807, 2.05) is 0 Å². The Hall–Kier alpha value is -2.90. The summed E-state index contributed by atoms with van der Waals surface area (Å²) in [6.07, 6.45) is 40.5. The van der Waals surface area contributed by atoms with Crippen molar-refractivity contribution in [2.75, 3.05) is 26.4 Å². The molecule has 1 aromatic carbocycles. The van der Waals surface area contributed by atoms with Gasteiger partial charge in [-0.3, -0.25) is 0 Å². The number of hydrogen-bond acceptors (Lipinski definition) is 8. The van der Waals surface area contributed by atoms with Crippen LogP contribution >= 0.6 is 0 Å². The van der Waals surface area contributed by atoms with Crippen LogP contribution in [0.3, 0.4) is 0 Å². The number of benzene rings is 1. The average molecular weight is 984 g/mol. The largest absolute Gasteiger partial charge is 0.462 e. The van der Waals surface area contributed by atoms with E-state index < -0.39 is 23.9 Å². The van der Waals surface area contributed by atoms with Crippen molar-refractivity contribution in [2.24, 2.45) is 23.7 Å². The van der Waals surface area contributed by atoms with E-state index >= 15 is 0 Å². The number of rotatable bonds is 48. The van der Waals surface area contributed by atoms with Crippen LogP contribution in [-0.2, 0) is 18.9 Å². The molecular weight excluding hydrogens is 873 g/mol. The van der Waals surface area contributed by atoms with E-state index in [1.165, 1.54) is 141 Å². The van der Waals surface area contributed by atoms with Gasteiger partial charge < -0.3 is 18.9 Å². The minimum atomic E-state index is -0.829. The Morgan fingerprint density at radius 1 is 0.271 bits per heavy atom. The van der Waals surface area contributed by atoms with Gasteiger partial charge in [-0.1, -0.05) is 261 Å². The summed E-state index contributed by atoms with van der Waals surface area (Å²) in [5.74, 6) is -0.0703. The van der Waals surface area contributed by atoms with Gasteiger partial charge in [-0.25, -0.2) is 19.2 Å². The van der Waals surface area contributed by atoms with Gasteiger partial charge in [0.1, 0.15) is 0 Å². The van der Waals surface area contributed by atoms with E-state index in [1.54, 1.807) is 0 Å². The summed E-state index contributed by atoms with van der Waals surface area (Å²) in [5, 5.41) is 0. The second kappa shape index (κ2) is 44.8. The Bertz CT molecular complexity index is 1340. The summed E-state index contributed by atoms with van der Waals surface area (Å²) in [5.41, 5.74) is -0.724. The van der Waals surface area contributed by atoms with Crippen LogP contribution in [0, 0.1) is 23.7 Å². The van der Waals surface area contributed by atoms with Gasteiger partial charge in [-0.2, -0.15) is 0 Å². The maximum absolute atomic E-state index is 14.2. The van der Waals surface area contributed by atoms with Gasteiger partial charge in [0, 0.05) is 0 Å². The van der Waals surface area contributed by atoms with Crippen LogP contribution in [0.4, 0.5) is 0 Å². The number of carbonyl (C=O) groups excluding carboxylic acids is 4. The highest BCUT2D eigenvalue weighted by Crippen LogP contribution is 2.26. The summed E-state index contributed by atoms with van der Waals surface area (Å²) in [7, 11) is 0. The van der Waals surface area contributed by atoms with Crippen LogP contribution in [0.1, 0.15) is 328 Å². The lowest BCUT2D eigenvalue weighted by molar-refractivity contribution is 0.0415. The first kappa shape index (κ1) is 65.1. The van der Waals surface area contributed by atoms with Gasteiger partial charge >= 0.3 is 23.9 Å². The molecule has 0 spiro atoms. The Morgan fingerprint density at radius 2 is 0.443 bits per heavy atom. The molecule has 8 heteroatoms. The van der Waals surface area contributed by atoms with Gasteiger partial charge in [0.25, 0.3) is 0 Å². The molecule has 0 N–H and O–H groups in total. The highest BCUT2D eigenvalue weighted by atomic mass is 16.5. The third kappa shape index (κ3) is 36.1. The van der Waals surface area contributed by atoms with Crippen LogP contribution in [0.15, 0.2) is 12.1 Å². The molecule has 0 saturated heterocycles. The smallest absolute Gasteiger partial charge is 0.339 e. The van der Waals surface area contributed by atoms with E-state index in [0.29, 0.717) is 25.7 Å². The SMILES string of the molecule is CC(C)CCCCCCCCCCOC(=O)c1ccc(C(=O)OCCCCCCCCCCC(C)C)c(C(=O)OCCCCCCCCCCC(C)C)c1C(=O)OCCCCCCCCCCC(C)C. The number of hydrogen-bond donors (Lipinski definition) is 0. The molecule has 0 fully saturated rings. The average Bonchev–Trinajstić information content (AvgIpc) is 3.32. The lowest BCUT2D eigenvalue weighted by atomic mass is 9.95. The summed E-state index contributed by atoms with van der Waals surface area (Å²) in [6.45, 7) is 18.9. The van der Waals surface area contributed by atoms with Crippen LogP contribution in [0.5, 0.6) is 0 Å². The second-order valence-electron chi connectivity index (χ2n) is 22.5. The summed E-state index contributed by atoms with van der Waals surface area (Å²) in [6, 6.07) is 2.83. The fraction of sp³-hybridized carbons (Fsp3) is 0.839. The first-order valence-corrected chi connectivity index (χ1v) is 29.7. The number of ether oxygens (including phenoxy) is 4. The molecule has 1 aromatic rings. The van der Waals surface area contributed by atoms with E-state index in [2.05, 4.69) is 55.4 Å². The first-order valence-electron chi connectivity index (χ1n) is 29.7. The van der Waals surface area contributed by atoms with Crippen molar-refractivity contribution < 1.29 is 38.1 Å². The fourth-order valence-electron chi connectivity index (χ4n) is 9.19. The zero-order chi connectivity index (χ0) is 51.5. The molecule has 0 radical (unpaired) electrons. The maximum Gasteiger partial charge on any atom is 0.339 e. The van der Waals surface area contributed by atoms with Crippen molar-refractivity contribution in [3.05, 3.63) is 34.4 Å². The standard InChI is InChI=1S/C62H110O8/c1-51(2)41-33-25-17-9-13-21-29-37-47-67-59(63)55-45-46-56(60(64)68-48-38-30-22-14-10-18-26-34-42-52(3)4)58(62(66)70-50-40-32-24-16-12-20-28-36-44-54(7)8)57(55)61(65)69-49-39-31-23-15-11-19-27-35-43-53(5)6/h45-46,51-54H,9-44,47-50H2,1-8H3. The Labute approximate surface area is 431 Å². The van der Waals surface area contributed by atoms with Gasteiger partial charge in [-0.05, 0) is 61.5 Å². The number of carbonyl (C=O) groups is 4. The molecule has 0 heterocycles. The molecule has 0 aromatic heterocycles. The molecule has 406 valence electrons. The molecule has 8 nitrogen and oxygen atoms in total. The minimum absolute atomic E-state index is 0.0926. The monoisotopic (exact) mass is 983 g/mol. The van der Waals surface area contributed by atoms with Crippen molar-refractivity contribution in [1.82, 2.24) is 0 Å². The highest BCUT2D eigenvalue weighted by molar-refractivity contribution is 6.15. The molecule has 0 bridgehead atoms. The molecule has 0 unspecified atom stereocenters. The second-order valence-corrected chi connectivity index (χ2v) is 22.5. The Kier molecular flexibility index (Phi) is 41.6. The number of esters is 4. The van der Waals surface area contributed by atoms with Gasteiger partial charge in [0.15, 0.2) is 0 Å². The van der Waals surface area contributed by atoms with Crippen molar-refractivity contribution in [1.29, 1.82) is 0 Å². The summed E-state index contributed by atoms with van der Waals surface area (Å²) in [4.78, 5) is 56.1. The fourth-order valence-corrected chi connectivity index (χ4v) is 9.19. The van der Waals surface area contributed by atoms with E-state index in [0.717, 1.165) is 101 Å². The van der Waals surface area contributed by atoms with Crippen molar-refractivity contribution in [3.63, 3.8) is 0 Å². The molecule has 0 saturated carbocycles. The summed E-state index contributed by atoms with van der Waals surface area (Å²) < 4.78 is 23.2. The molecule has 0 amide bonds. The predicted molar refractivity (Wildman–Crippen MR) is 293 cm³/mol. The molecule has 1 rings (SSSR count). The third-order valence-corrected chi connectivity index (χ3v) is 13.7. The van der Waals surface area contributed by atoms with E-state index in [4.69, 9.17) is 18.9 Å². The molecule has 0 atom stereocenters. The summed E-state index contributed by atoms with van der Waals surface area (Å²) >= 11 is 0. The van der Waals surface area contributed by atoms with Gasteiger partial charge in [-0.15, -0.1) is 0 Å².